The smallest absolute Gasteiger partial charge is 0.149 e. The van der Waals surface area contributed by atoms with Crippen LogP contribution >= 0.6 is 0 Å². The van der Waals surface area contributed by atoms with Gasteiger partial charge in [0.15, 0.2) is 0 Å². The van der Waals surface area contributed by atoms with E-state index in [-0.39, 0.29) is 17.5 Å². The van der Waals surface area contributed by atoms with Crippen molar-refractivity contribution in [3.63, 3.8) is 0 Å². The first kappa shape index (κ1) is 24.8. The van der Waals surface area contributed by atoms with Crippen LogP contribution in [0, 0.1) is 11.6 Å². The maximum atomic E-state index is 14.7. The third-order valence-electron chi connectivity index (χ3n) is 6.99. The van der Waals surface area contributed by atoms with Crippen LogP contribution in [0.1, 0.15) is 45.4 Å². The molecule has 2 aromatic rings. The summed E-state index contributed by atoms with van der Waals surface area (Å²) in [6, 6.07) is 7.45. The lowest BCUT2D eigenvalue weighted by atomic mass is 9.90. The number of ether oxygens (including phenoxy) is 2. The van der Waals surface area contributed by atoms with E-state index in [0.717, 1.165) is 38.5 Å². The first-order valence-electron chi connectivity index (χ1n) is 12.2. The highest BCUT2D eigenvalue weighted by molar-refractivity contribution is 5.71. The molecule has 2 fully saturated rings. The molecule has 6 nitrogen and oxygen atoms in total. The van der Waals surface area contributed by atoms with Crippen molar-refractivity contribution in [2.45, 2.75) is 69.2 Å². The van der Waals surface area contributed by atoms with Gasteiger partial charge in [-0.15, -0.1) is 0 Å². The van der Waals surface area contributed by atoms with E-state index in [1.54, 1.807) is 32.4 Å². The normalized spacial score (nSPS) is 22.3. The zero-order valence-corrected chi connectivity index (χ0v) is 20.3. The summed E-state index contributed by atoms with van der Waals surface area (Å²) in [4.78, 5) is 4.25. The zero-order valence-electron chi connectivity index (χ0n) is 20.3. The predicted octanol–water partition coefficient (Wildman–Crippen LogP) is 4.97. The molecular weight excluding hydrogens is 438 g/mol. The summed E-state index contributed by atoms with van der Waals surface area (Å²) in [5, 5.41) is 10.2. The van der Waals surface area contributed by atoms with Gasteiger partial charge in [0.2, 0.25) is 0 Å². The number of halogens is 2. The molecule has 0 bridgehead atoms. The van der Waals surface area contributed by atoms with Gasteiger partial charge in [0.1, 0.15) is 17.5 Å². The Morgan fingerprint density at radius 3 is 2.47 bits per heavy atom. The van der Waals surface area contributed by atoms with E-state index in [0.29, 0.717) is 47.9 Å². The van der Waals surface area contributed by atoms with Gasteiger partial charge in [-0.1, -0.05) is 6.07 Å². The third-order valence-corrected chi connectivity index (χ3v) is 6.99. The summed E-state index contributed by atoms with van der Waals surface area (Å²) in [5.41, 5.74) is 1.14. The molecular formula is C26H36F2N4O2. The fourth-order valence-electron chi connectivity index (χ4n) is 4.73. The molecule has 2 aliphatic rings. The summed E-state index contributed by atoms with van der Waals surface area (Å²) >= 11 is 0. The van der Waals surface area contributed by atoms with Gasteiger partial charge in [-0.2, -0.15) is 0 Å². The molecule has 0 aliphatic heterocycles. The average Bonchev–Trinajstić information content (AvgIpc) is 3.62. The molecule has 3 N–H and O–H groups in total. The largest absolute Gasteiger partial charge is 0.383 e. The van der Waals surface area contributed by atoms with Crippen molar-refractivity contribution < 1.29 is 18.3 Å². The Hall–Kier alpha value is -2.29. The minimum atomic E-state index is -0.432. The topological polar surface area (TPSA) is 67.4 Å². The van der Waals surface area contributed by atoms with Gasteiger partial charge in [-0.25, -0.2) is 13.8 Å². The summed E-state index contributed by atoms with van der Waals surface area (Å²) in [6.07, 6.45) is 7.30. The zero-order chi connectivity index (χ0) is 24.1. The van der Waals surface area contributed by atoms with E-state index in [1.165, 1.54) is 12.3 Å². The monoisotopic (exact) mass is 474 g/mol. The Balaban J connectivity index is 1.39. The fraction of sp³-hybridized carbons (Fsp3) is 0.577. The van der Waals surface area contributed by atoms with Crippen LogP contribution in [0.15, 0.2) is 30.5 Å². The van der Waals surface area contributed by atoms with Crippen molar-refractivity contribution in [3.8, 4) is 11.1 Å². The number of nitrogens with zero attached hydrogens (tertiary/aromatic N) is 1. The van der Waals surface area contributed by atoms with Crippen LogP contribution < -0.4 is 16.0 Å². The molecule has 186 valence electrons. The van der Waals surface area contributed by atoms with E-state index in [1.807, 2.05) is 0 Å². The van der Waals surface area contributed by atoms with E-state index in [4.69, 9.17) is 9.47 Å². The van der Waals surface area contributed by atoms with Gasteiger partial charge in [-0.3, -0.25) is 0 Å². The van der Waals surface area contributed by atoms with Crippen molar-refractivity contribution in [1.82, 2.24) is 10.3 Å². The van der Waals surface area contributed by atoms with Crippen molar-refractivity contribution in [3.05, 3.63) is 42.1 Å². The predicted molar refractivity (Wildman–Crippen MR) is 131 cm³/mol. The Labute approximate surface area is 200 Å². The molecule has 1 aromatic carbocycles. The SMILES string of the molecule is COC[C@@H](C)N[C@H]1CC[C@H](Nc2cc(-c3ccc(F)c(NCC4(OC)CC4)c3)c(F)cn2)CC1. The minimum absolute atomic E-state index is 0.211. The van der Waals surface area contributed by atoms with Crippen LogP contribution in [0.5, 0.6) is 0 Å². The second kappa shape index (κ2) is 11.0. The number of nitrogens with one attached hydrogen (secondary N) is 3. The quantitative estimate of drug-likeness (QED) is 0.428. The Bertz CT molecular complexity index is 962. The maximum Gasteiger partial charge on any atom is 0.149 e. The molecule has 0 radical (unpaired) electrons. The van der Waals surface area contributed by atoms with Crippen molar-refractivity contribution >= 4 is 11.5 Å². The van der Waals surface area contributed by atoms with Crippen LogP contribution in [0.3, 0.4) is 0 Å². The van der Waals surface area contributed by atoms with Crippen molar-refractivity contribution in [1.29, 1.82) is 0 Å². The van der Waals surface area contributed by atoms with Gasteiger partial charge in [-0.05, 0) is 69.2 Å². The molecule has 0 unspecified atom stereocenters. The number of aromatic nitrogens is 1. The molecule has 0 amide bonds. The molecule has 8 heteroatoms. The van der Waals surface area contributed by atoms with Crippen LogP contribution in [0.4, 0.5) is 20.3 Å². The Kier molecular flexibility index (Phi) is 8.01. The van der Waals surface area contributed by atoms with E-state index in [9.17, 15) is 8.78 Å². The molecule has 2 aliphatic carbocycles. The van der Waals surface area contributed by atoms with Gasteiger partial charge < -0.3 is 25.4 Å². The summed E-state index contributed by atoms with van der Waals surface area (Å²) in [7, 11) is 3.39. The maximum absolute atomic E-state index is 14.7. The van der Waals surface area contributed by atoms with Gasteiger partial charge in [0.05, 0.1) is 24.1 Å². The van der Waals surface area contributed by atoms with Gasteiger partial charge in [0.25, 0.3) is 0 Å². The highest BCUT2D eigenvalue weighted by Gasteiger charge is 2.42. The van der Waals surface area contributed by atoms with E-state index < -0.39 is 5.82 Å². The lowest BCUT2D eigenvalue weighted by molar-refractivity contribution is 0.0914. The summed E-state index contributed by atoms with van der Waals surface area (Å²) in [5.74, 6) is -0.164. The molecule has 0 spiro atoms. The standard InChI is InChI=1S/C26H36F2N4O2/c1-17(15-33-2)31-19-5-7-20(8-6-19)32-25-13-21(23(28)14-29-25)18-4-9-22(27)24(12-18)30-16-26(34-3)10-11-26/h4,9,12-14,17,19-20,30-31H,5-8,10-11,15-16H2,1-3H3,(H,29,32)/t17-,19-,20-/m1/s1. The molecule has 4 rings (SSSR count). The molecule has 1 heterocycles. The van der Waals surface area contributed by atoms with E-state index in [2.05, 4.69) is 27.9 Å². The number of methoxy groups -OCH3 is 2. The van der Waals surface area contributed by atoms with Gasteiger partial charge in [0, 0.05) is 44.5 Å². The van der Waals surface area contributed by atoms with E-state index >= 15 is 0 Å². The van der Waals surface area contributed by atoms with Crippen LogP contribution in [-0.2, 0) is 9.47 Å². The van der Waals surface area contributed by atoms with Crippen LogP contribution in [0.25, 0.3) is 11.1 Å². The lowest BCUT2D eigenvalue weighted by Crippen LogP contribution is -2.42. The second-order valence-corrected chi connectivity index (χ2v) is 9.70. The second-order valence-electron chi connectivity index (χ2n) is 9.70. The lowest BCUT2D eigenvalue weighted by Gasteiger charge is -2.31. The number of pyridine rings is 1. The van der Waals surface area contributed by atoms with Crippen molar-refractivity contribution in [2.24, 2.45) is 0 Å². The molecule has 0 saturated heterocycles. The summed E-state index contributed by atoms with van der Waals surface area (Å²) < 4.78 is 39.8. The number of benzene rings is 1. The summed E-state index contributed by atoms with van der Waals surface area (Å²) in [6.45, 7) is 3.36. The van der Waals surface area contributed by atoms with Crippen molar-refractivity contribution in [2.75, 3.05) is 38.0 Å². The molecule has 1 aromatic heterocycles. The number of rotatable bonds is 11. The first-order chi connectivity index (χ1) is 16.4. The average molecular weight is 475 g/mol. The minimum Gasteiger partial charge on any atom is -0.383 e. The Morgan fingerprint density at radius 1 is 1.06 bits per heavy atom. The molecule has 1 atom stereocenters. The number of anilines is 2. The van der Waals surface area contributed by atoms with Gasteiger partial charge >= 0.3 is 0 Å². The molecule has 34 heavy (non-hydrogen) atoms. The number of hydrogen-bond donors (Lipinski definition) is 3. The fourth-order valence-corrected chi connectivity index (χ4v) is 4.73. The third kappa shape index (κ3) is 6.23. The Morgan fingerprint density at radius 2 is 1.79 bits per heavy atom. The highest BCUT2D eigenvalue weighted by Crippen LogP contribution is 2.39. The highest BCUT2D eigenvalue weighted by atomic mass is 19.1. The molecule has 2 saturated carbocycles. The number of hydrogen-bond acceptors (Lipinski definition) is 6. The first-order valence-corrected chi connectivity index (χ1v) is 12.2. The van der Waals surface area contributed by atoms with Crippen LogP contribution in [-0.4, -0.2) is 56.1 Å². The van der Waals surface area contributed by atoms with Crippen LogP contribution in [0.2, 0.25) is 0 Å².